The van der Waals surface area contributed by atoms with E-state index in [0.717, 1.165) is 4.68 Å². The van der Waals surface area contributed by atoms with Crippen molar-refractivity contribution in [2.24, 2.45) is 0 Å². The molecule has 22 heavy (non-hydrogen) atoms. The SMILES string of the molecule is CC(C)(C)OC(=O)NCCc1c(C(=O)O)nnn1CC(F)F. The van der Waals surface area contributed by atoms with Crippen LogP contribution in [0.3, 0.4) is 0 Å². The van der Waals surface area contributed by atoms with Gasteiger partial charge < -0.3 is 15.2 Å². The molecule has 8 nitrogen and oxygen atoms in total. The van der Waals surface area contributed by atoms with Gasteiger partial charge in [-0.15, -0.1) is 5.10 Å². The number of carbonyl (C=O) groups excluding carboxylic acids is 1. The van der Waals surface area contributed by atoms with Crippen molar-refractivity contribution in [2.45, 2.75) is 45.8 Å². The molecule has 0 aromatic carbocycles. The van der Waals surface area contributed by atoms with Crippen LogP contribution in [0.2, 0.25) is 0 Å². The lowest BCUT2D eigenvalue weighted by Crippen LogP contribution is -2.34. The Hall–Kier alpha value is -2.26. The maximum Gasteiger partial charge on any atom is 0.407 e. The fourth-order valence-corrected chi connectivity index (χ4v) is 1.62. The van der Waals surface area contributed by atoms with Gasteiger partial charge in [-0.3, -0.25) is 0 Å². The summed E-state index contributed by atoms with van der Waals surface area (Å²) in [5, 5.41) is 18.1. The van der Waals surface area contributed by atoms with Crippen LogP contribution >= 0.6 is 0 Å². The van der Waals surface area contributed by atoms with E-state index < -0.39 is 36.3 Å². The molecule has 0 saturated heterocycles. The molecule has 124 valence electrons. The second kappa shape index (κ2) is 7.14. The molecule has 10 heteroatoms. The fraction of sp³-hybridized carbons (Fsp3) is 0.667. The van der Waals surface area contributed by atoms with Crippen LogP contribution in [0, 0.1) is 0 Å². The predicted octanol–water partition coefficient (Wildman–Crippen LogP) is 1.31. The molecular weight excluding hydrogens is 302 g/mol. The molecule has 1 amide bonds. The van der Waals surface area contributed by atoms with Crippen LogP contribution in [0.5, 0.6) is 0 Å². The number of hydrogen-bond donors (Lipinski definition) is 2. The topological polar surface area (TPSA) is 106 Å². The van der Waals surface area contributed by atoms with Gasteiger partial charge in [-0.25, -0.2) is 23.1 Å². The molecule has 0 fully saturated rings. The molecule has 0 radical (unpaired) electrons. The molecule has 1 rings (SSSR count). The van der Waals surface area contributed by atoms with Crippen molar-refractivity contribution >= 4 is 12.1 Å². The minimum absolute atomic E-state index is 0.00576. The van der Waals surface area contributed by atoms with Gasteiger partial charge in [0.1, 0.15) is 12.1 Å². The van der Waals surface area contributed by atoms with E-state index in [9.17, 15) is 18.4 Å². The van der Waals surface area contributed by atoms with Crippen molar-refractivity contribution < 1.29 is 28.2 Å². The number of carboxylic acids is 1. The normalized spacial score (nSPS) is 11.5. The number of hydrogen-bond acceptors (Lipinski definition) is 5. The summed E-state index contributed by atoms with van der Waals surface area (Å²) in [5.74, 6) is -1.37. The third kappa shape index (κ3) is 5.62. The minimum Gasteiger partial charge on any atom is -0.476 e. The van der Waals surface area contributed by atoms with Crippen molar-refractivity contribution in [1.82, 2.24) is 20.3 Å². The number of carbonyl (C=O) groups is 2. The van der Waals surface area contributed by atoms with Crippen LogP contribution in [0.4, 0.5) is 13.6 Å². The summed E-state index contributed by atoms with van der Waals surface area (Å²) in [5.41, 5.74) is -1.06. The van der Waals surface area contributed by atoms with E-state index >= 15 is 0 Å². The van der Waals surface area contributed by atoms with Gasteiger partial charge in [-0.1, -0.05) is 5.21 Å². The van der Waals surface area contributed by atoms with E-state index in [0.29, 0.717) is 0 Å². The molecular formula is C12H18F2N4O4. The summed E-state index contributed by atoms with van der Waals surface area (Å²) >= 11 is 0. The molecule has 2 N–H and O–H groups in total. The molecule has 1 aromatic heterocycles. The van der Waals surface area contributed by atoms with Crippen LogP contribution < -0.4 is 5.32 Å². The molecule has 1 aromatic rings. The fourth-order valence-electron chi connectivity index (χ4n) is 1.62. The summed E-state index contributed by atoms with van der Waals surface area (Å²) in [7, 11) is 0. The van der Waals surface area contributed by atoms with Crippen LogP contribution in [-0.2, 0) is 17.7 Å². The molecule has 0 spiro atoms. The molecule has 1 heterocycles. The molecule has 0 aliphatic carbocycles. The van der Waals surface area contributed by atoms with Crippen molar-refractivity contribution in [2.75, 3.05) is 6.54 Å². The van der Waals surface area contributed by atoms with Gasteiger partial charge in [0.25, 0.3) is 6.43 Å². The van der Waals surface area contributed by atoms with Gasteiger partial charge in [-0.05, 0) is 20.8 Å². The Labute approximate surface area is 125 Å². The number of carboxylic acid groups (broad SMARTS) is 1. The Bertz CT molecular complexity index is 540. The number of nitrogens with zero attached hydrogens (tertiary/aromatic N) is 3. The first-order chi connectivity index (χ1) is 10.1. The number of aromatic carboxylic acids is 1. The number of alkyl halides is 2. The van der Waals surface area contributed by atoms with Gasteiger partial charge >= 0.3 is 12.1 Å². The second-order valence-electron chi connectivity index (χ2n) is 5.44. The average Bonchev–Trinajstić information content (AvgIpc) is 2.69. The van der Waals surface area contributed by atoms with Crippen LogP contribution in [0.15, 0.2) is 0 Å². The van der Waals surface area contributed by atoms with E-state index in [2.05, 4.69) is 15.6 Å². The maximum absolute atomic E-state index is 12.4. The number of nitrogens with one attached hydrogen (secondary N) is 1. The zero-order chi connectivity index (χ0) is 16.9. The zero-order valence-corrected chi connectivity index (χ0v) is 12.5. The lowest BCUT2D eigenvalue weighted by Gasteiger charge is -2.19. The van der Waals surface area contributed by atoms with Crippen LogP contribution in [0.25, 0.3) is 0 Å². The first-order valence-corrected chi connectivity index (χ1v) is 6.51. The highest BCUT2D eigenvalue weighted by Gasteiger charge is 2.21. The van der Waals surface area contributed by atoms with Gasteiger partial charge in [0, 0.05) is 13.0 Å². The van der Waals surface area contributed by atoms with Gasteiger partial charge in [0.2, 0.25) is 0 Å². The highest BCUT2D eigenvalue weighted by molar-refractivity contribution is 5.86. The number of aromatic nitrogens is 3. The Kier molecular flexibility index (Phi) is 5.77. The molecule has 0 aliphatic heterocycles. The van der Waals surface area contributed by atoms with Crippen molar-refractivity contribution in [3.8, 4) is 0 Å². The third-order valence-electron chi connectivity index (χ3n) is 2.38. The molecule has 0 bridgehead atoms. The summed E-state index contributed by atoms with van der Waals surface area (Å²) in [6.07, 6.45) is -3.39. The Balaban J connectivity index is 2.69. The number of amides is 1. The summed E-state index contributed by atoms with van der Waals surface area (Å²) in [6, 6.07) is 0. The highest BCUT2D eigenvalue weighted by Crippen LogP contribution is 2.10. The number of halogens is 2. The highest BCUT2D eigenvalue weighted by atomic mass is 19.3. The zero-order valence-electron chi connectivity index (χ0n) is 12.5. The van der Waals surface area contributed by atoms with Crippen molar-refractivity contribution in [3.05, 3.63) is 11.4 Å². The number of rotatable bonds is 6. The molecule has 0 aliphatic rings. The first-order valence-electron chi connectivity index (χ1n) is 6.51. The van der Waals surface area contributed by atoms with E-state index in [1.165, 1.54) is 0 Å². The summed E-state index contributed by atoms with van der Waals surface area (Å²) < 4.78 is 30.7. The number of alkyl carbamates (subject to hydrolysis) is 1. The smallest absolute Gasteiger partial charge is 0.407 e. The van der Waals surface area contributed by atoms with Crippen molar-refractivity contribution in [1.29, 1.82) is 0 Å². The predicted molar refractivity (Wildman–Crippen MR) is 70.9 cm³/mol. The lowest BCUT2D eigenvalue weighted by atomic mass is 10.2. The molecule has 0 saturated carbocycles. The largest absolute Gasteiger partial charge is 0.476 e. The summed E-state index contributed by atoms with van der Waals surface area (Å²) in [4.78, 5) is 22.5. The van der Waals surface area contributed by atoms with Gasteiger partial charge in [-0.2, -0.15) is 0 Å². The average molecular weight is 320 g/mol. The van der Waals surface area contributed by atoms with Gasteiger partial charge in [0.15, 0.2) is 5.69 Å². The van der Waals surface area contributed by atoms with Crippen molar-refractivity contribution in [3.63, 3.8) is 0 Å². The Morgan fingerprint density at radius 1 is 1.41 bits per heavy atom. The lowest BCUT2D eigenvalue weighted by molar-refractivity contribution is 0.0527. The van der Waals surface area contributed by atoms with Crippen LogP contribution in [-0.4, -0.2) is 50.7 Å². The monoisotopic (exact) mass is 320 g/mol. The van der Waals surface area contributed by atoms with E-state index in [-0.39, 0.29) is 18.7 Å². The van der Waals surface area contributed by atoms with E-state index in [4.69, 9.17) is 9.84 Å². The summed E-state index contributed by atoms with van der Waals surface area (Å²) in [6.45, 7) is 4.32. The maximum atomic E-state index is 12.4. The molecule has 0 unspecified atom stereocenters. The minimum atomic E-state index is -2.69. The third-order valence-corrected chi connectivity index (χ3v) is 2.38. The van der Waals surface area contributed by atoms with Gasteiger partial charge in [0.05, 0.1) is 5.69 Å². The quantitative estimate of drug-likeness (QED) is 0.818. The first kappa shape index (κ1) is 17.8. The van der Waals surface area contributed by atoms with E-state index in [1.54, 1.807) is 20.8 Å². The van der Waals surface area contributed by atoms with E-state index in [1.807, 2.05) is 0 Å². The molecule has 0 atom stereocenters. The Morgan fingerprint density at radius 3 is 2.55 bits per heavy atom. The standard InChI is InChI=1S/C12H18F2N4O4/c1-12(2,3)22-11(21)15-5-4-7-9(10(19)20)16-17-18(7)6-8(13)14/h8H,4-6H2,1-3H3,(H,15,21)(H,19,20). The number of ether oxygens (including phenoxy) is 1. The van der Waals surface area contributed by atoms with Crippen LogP contribution in [0.1, 0.15) is 37.0 Å². The second-order valence-corrected chi connectivity index (χ2v) is 5.44. The Morgan fingerprint density at radius 2 is 2.05 bits per heavy atom.